The van der Waals surface area contributed by atoms with Crippen LogP contribution < -0.4 is 0 Å². The van der Waals surface area contributed by atoms with Gasteiger partial charge in [-0.2, -0.15) is 5.26 Å². The molecule has 0 amide bonds. The monoisotopic (exact) mass is 159 g/mol. The summed E-state index contributed by atoms with van der Waals surface area (Å²) in [5.41, 5.74) is 0. The van der Waals surface area contributed by atoms with Gasteiger partial charge in [-0.1, -0.05) is 0 Å². The van der Waals surface area contributed by atoms with Gasteiger partial charge in [0.2, 0.25) is 0 Å². The fourth-order valence-electron chi connectivity index (χ4n) is 0.420. The lowest BCUT2D eigenvalue weighted by atomic mass is 10.4. The zero-order valence-corrected chi connectivity index (χ0v) is 6.11. The van der Waals surface area contributed by atoms with Crippen LogP contribution in [0.25, 0.3) is 0 Å². The third-order valence-corrected chi connectivity index (χ3v) is 0.916. The van der Waals surface area contributed by atoms with Crippen LogP contribution in [0, 0.1) is 11.3 Å². The molecule has 0 radical (unpaired) electrons. The molecule has 1 unspecified atom stereocenters. The van der Waals surface area contributed by atoms with E-state index in [1.54, 1.807) is 6.07 Å². The molecule has 0 heterocycles. The Bertz CT molecular complexity index is 162. The summed E-state index contributed by atoms with van der Waals surface area (Å²) >= 11 is 0. The molecule has 5 nitrogen and oxygen atoms in total. The highest BCUT2D eigenvalue weighted by Crippen LogP contribution is 1.87. The Labute approximate surface area is 64.1 Å². The van der Waals surface area contributed by atoms with E-state index in [9.17, 15) is 4.79 Å². The second kappa shape index (κ2) is 5.65. The molecule has 0 aromatic carbocycles. The summed E-state index contributed by atoms with van der Waals surface area (Å²) in [6.45, 7) is -0.353. The average molecular weight is 159 g/mol. The van der Waals surface area contributed by atoms with Crippen molar-refractivity contribution in [3.8, 4) is 6.07 Å². The van der Waals surface area contributed by atoms with Crippen LogP contribution in [0.1, 0.15) is 0 Å². The molecule has 1 atom stereocenters. The van der Waals surface area contributed by atoms with Crippen molar-refractivity contribution in [3.63, 3.8) is 0 Å². The lowest BCUT2D eigenvalue weighted by Gasteiger charge is -2.05. The van der Waals surface area contributed by atoms with Crippen LogP contribution in [-0.4, -0.2) is 37.5 Å². The number of aliphatic hydroxyl groups is 1. The zero-order chi connectivity index (χ0) is 8.69. The highest BCUT2D eigenvalue weighted by atomic mass is 16.5. The zero-order valence-electron chi connectivity index (χ0n) is 6.11. The summed E-state index contributed by atoms with van der Waals surface area (Å²) in [5.74, 6) is -0.761. The lowest BCUT2D eigenvalue weighted by Crippen LogP contribution is -2.27. The standard InChI is InChI=1S/C6H9NO4/c1-10-6(9)5(8)4-11-3-2-7/h5,8H,3-4H2,1H3. The minimum atomic E-state index is -1.30. The molecule has 0 saturated heterocycles. The average Bonchev–Trinajstić information content (AvgIpc) is 2.03. The van der Waals surface area contributed by atoms with Crippen molar-refractivity contribution in [1.29, 1.82) is 5.26 Å². The van der Waals surface area contributed by atoms with E-state index >= 15 is 0 Å². The summed E-state index contributed by atoms with van der Waals surface area (Å²) < 4.78 is 8.75. The second-order valence-electron chi connectivity index (χ2n) is 1.71. The normalized spacial score (nSPS) is 11.7. The van der Waals surface area contributed by atoms with E-state index in [4.69, 9.17) is 10.4 Å². The molecular formula is C6H9NO4. The van der Waals surface area contributed by atoms with Gasteiger partial charge in [-0.25, -0.2) is 4.79 Å². The highest BCUT2D eigenvalue weighted by Gasteiger charge is 2.14. The van der Waals surface area contributed by atoms with Crippen molar-refractivity contribution in [2.45, 2.75) is 6.10 Å². The maximum Gasteiger partial charge on any atom is 0.337 e. The number of carbonyl (C=O) groups is 1. The van der Waals surface area contributed by atoms with Gasteiger partial charge in [-0.15, -0.1) is 0 Å². The van der Waals surface area contributed by atoms with Crippen LogP contribution in [0.5, 0.6) is 0 Å². The quantitative estimate of drug-likeness (QED) is 0.423. The number of methoxy groups -OCH3 is 1. The van der Waals surface area contributed by atoms with Crippen LogP contribution in [0.2, 0.25) is 0 Å². The van der Waals surface area contributed by atoms with Crippen molar-refractivity contribution >= 4 is 5.97 Å². The fraction of sp³-hybridized carbons (Fsp3) is 0.667. The van der Waals surface area contributed by atoms with E-state index in [1.807, 2.05) is 0 Å². The number of hydrogen-bond acceptors (Lipinski definition) is 5. The van der Waals surface area contributed by atoms with Gasteiger partial charge >= 0.3 is 5.97 Å². The first-order valence-corrected chi connectivity index (χ1v) is 2.93. The number of nitriles is 1. The van der Waals surface area contributed by atoms with Crippen LogP contribution in [0.3, 0.4) is 0 Å². The lowest BCUT2D eigenvalue weighted by molar-refractivity contribution is -0.153. The van der Waals surface area contributed by atoms with Crippen LogP contribution >= 0.6 is 0 Å². The van der Waals surface area contributed by atoms with E-state index < -0.39 is 12.1 Å². The molecule has 0 aliphatic rings. The predicted molar refractivity (Wildman–Crippen MR) is 34.5 cm³/mol. The minimum Gasteiger partial charge on any atom is -0.467 e. The first-order valence-electron chi connectivity index (χ1n) is 2.93. The van der Waals surface area contributed by atoms with E-state index in [-0.39, 0.29) is 13.2 Å². The van der Waals surface area contributed by atoms with Gasteiger partial charge in [0.25, 0.3) is 0 Å². The third-order valence-electron chi connectivity index (χ3n) is 0.916. The Hall–Kier alpha value is -1.12. The van der Waals surface area contributed by atoms with Crippen molar-refractivity contribution in [3.05, 3.63) is 0 Å². The molecule has 0 saturated carbocycles. The molecule has 1 N–H and O–H groups in total. The smallest absolute Gasteiger partial charge is 0.337 e. The summed E-state index contributed by atoms with van der Waals surface area (Å²) in [4.78, 5) is 10.5. The Morgan fingerprint density at radius 1 is 1.82 bits per heavy atom. The van der Waals surface area contributed by atoms with Gasteiger partial charge in [-0.3, -0.25) is 0 Å². The molecule has 0 aromatic heterocycles. The largest absolute Gasteiger partial charge is 0.467 e. The second-order valence-corrected chi connectivity index (χ2v) is 1.71. The van der Waals surface area contributed by atoms with Crippen molar-refractivity contribution in [1.82, 2.24) is 0 Å². The molecule has 0 bridgehead atoms. The number of nitrogens with zero attached hydrogens (tertiary/aromatic N) is 1. The molecular weight excluding hydrogens is 150 g/mol. The number of rotatable bonds is 4. The Morgan fingerprint density at radius 2 is 2.45 bits per heavy atom. The van der Waals surface area contributed by atoms with E-state index in [0.717, 1.165) is 7.11 Å². The number of ether oxygens (including phenoxy) is 2. The van der Waals surface area contributed by atoms with Gasteiger partial charge < -0.3 is 14.6 Å². The number of esters is 1. The Kier molecular flexibility index (Phi) is 5.07. The molecule has 62 valence electrons. The van der Waals surface area contributed by atoms with E-state index in [0.29, 0.717) is 0 Å². The predicted octanol–water partition coefficient (Wildman–Crippen LogP) is -0.940. The summed E-state index contributed by atoms with van der Waals surface area (Å²) in [5, 5.41) is 16.8. The number of aliphatic hydroxyl groups excluding tert-OH is 1. The maximum atomic E-state index is 10.5. The fourth-order valence-corrected chi connectivity index (χ4v) is 0.420. The Balaban J connectivity index is 3.45. The third kappa shape index (κ3) is 4.31. The van der Waals surface area contributed by atoms with E-state index in [1.165, 1.54) is 0 Å². The van der Waals surface area contributed by atoms with Crippen molar-refractivity contribution in [2.75, 3.05) is 20.3 Å². The number of hydrogen-bond donors (Lipinski definition) is 1. The molecule has 0 fully saturated rings. The summed E-state index contributed by atoms with van der Waals surface area (Å²) in [6.07, 6.45) is -1.30. The molecule has 0 aromatic rings. The molecule has 5 heteroatoms. The summed E-state index contributed by atoms with van der Waals surface area (Å²) in [7, 11) is 1.16. The van der Waals surface area contributed by atoms with Crippen molar-refractivity contribution < 1.29 is 19.4 Å². The van der Waals surface area contributed by atoms with Crippen LogP contribution in [-0.2, 0) is 14.3 Å². The van der Waals surface area contributed by atoms with Gasteiger partial charge in [0.1, 0.15) is 6.61 Å². The van der Waals surface area contributed by atoms with Gasteiger partial charge in [0.15, 0.2) is 6.10 Å². The minimum absolute atomic E-state index is 0.145. The molecule has 0 aliphatic carbocycles. The first kappa shape index (κ1) is 9.88. The number of carbonyl (C=O) groups excluding carboxylic acids is 1. The maximum absolute atomic E-state index is 10.5. The molecule has 0 rings (SSSR count). The van der Waals surface area contributed by atoms with Crippen molar-refractivity contribution in [2.24, 2.45) is 0 Å². The SMILES string of the molecule is COC(=O)C(O)COCC#N. The van der Waals surface area contributed by atoms with Gasteiger partial charge in [-0.05, 0) is 0 Å². The molecule has 0 spiro atoms. The summed E-state index contributed by atoms with van der Waals surface area (Å²) in [6, 6.07) is 1.69. The van der Waals surface area contributed by atoms with E-state index in [2.05, 4.69) is 9.47 Å². The van der Waals surface area contributed by atoms with Crippen LogP contribution in [0.15, 0.2) is 0 Å². The van der Waals surface area contributed by atoms with Gasteiger partial charge in [0.05, 0.1) is 19.8 Å². The van der Waals surface area contributed by atoms with Gasteiger partial charge in [0, 0.05) is 0 Å². The Morgan fingerprint density at radius 3 is 2.91 bits per heavy atom. The topological polar surface area (TPSA) is 79.6 Å². The van der Waals surface area contributed by atoms with Crippen LogP contribution in [0.4, 0.5) is 0 Å². The first-order chi connectivity index (χ1) is 5.22. The highest BCUT2D eigenvalue weighted by molar-refractivity contribution is 5.74. The molecule has 0 aliphatic heterocycles. The molecule has 11 heavy (non-hydrogen) atoms.